The highest BCUT2D eigenvalue weighted by atomic mass is 32.2. The van der Waals surface area contributed by atoms with Crippen molar-refractivity contribution in [1.29, 1.82) is 0 Å². The zero-order valence-corrected chi connectivity index (χ0v) is 15.3. The molecule has 0 unspecified atom stereocenters. The van der Waals surface area contributed by atoms with Crippen LogP contribution in [-0.2, 0) is 10.0 Å². The van der Waals surface area contributed by atoms with Gasteiger partial charge in [0.2, 0.25) is 0 Å². The van der Waals surface area contributed by atoms with Crippen LogP contribution in [0.3, 0.4) is 0 Å². The number of benzene rings is 3. The Morgan fingerprint density at radius 2 is 1.59 bits per heavy atom. The van der Waals surface area contributed by atoms with Crippen LogP contribution in [0.1, 0.15) is 15.9 Å². The number of rotatable bonds is 5. The molecule has 2 N–H and O–H groups in total. The van der Waals surface area contributed by atoms with Crippen molar-refractivity contribution in [1.82, 2.24) is 0 Å². The molecule has 5 nitrogen and oxygen atoms in total. The van der Waals surface area contributed by atoms with E-state index < -0.39 is 21.7 Å². The number of anilines is 2. The number of halogens is 1. The highest BCUT2D eigenvalue weighted by Gasteiger charge is 2.19. The maximum Gasteiger partial charge on any atom is 0.262 e. The van der Waals surface area contributed by atoms with Crippen LogP contribution in [0.4, 0.5) is 15.8 Å². The molecule has 7 heteroatoms. The number of carbonyl (C=O) groups excluding carboxylic acids is 1. The van der Waals surface area contributed by atoms with Gasteiger partial charge in [0.1, 0.15) is 5.82 Å². The van der Waals surface area contributed by atoms with Crippen molar-refractivity contribution >= 4 is 27.3 Å². The van der Waals surface area contributed by atoms with E-state index in [4.69, 9.17) is 0 Å². The lowest BCUT2D eigenvalue weighted by atomic mass is 10.1. The summed E-state index contributed by atoms with van der Waals surface area (Å²) in [4.78, 5) is 12.4. The number of hydrogen-bond acceptors (Lipinski definition) is 3. The number of sulfonamides is 1. The van der Waals surface area contributed by atoms with E-state index >= 15 is 0 Å². The van der Waals surface area contributed by atoms with E-state index in [1.807, 2.05) is 6.07 Å². The van der Waals surface area contributed by atoms with Gasteiger partial charge in [-0.25, -0.2) is 12.8 Å². The SMILES string of the molecule is Cc1ccc(S(=O)(=O)Nc2ccccc2F)cc1C(=O)Nc1ccccc1. The fraction of sp³-hybridized carbons (Fsp3) is 0.0500. The van der Waals surface area contributed by atoms with Crippen molar-refractivity contribution < 1.29 is 17.6 Å². The predicted octanol–water partition coefficient (Wildman–Crippen LogP) is 4.19. The average Bonchev–Trinajstić information content (AvgIpc) is 2.64. The van der Waals surface area contributed by atoms with Crippen molar-refractivity contribution in [2.75, 3.05) is 10.0 Å². The van der Waals surface area contributed by atoms with Gasteiger partial charge in [0.15, 0.2) is 0 Å². The molecule has 3 aromatic rings. The van der Waals surface area contributed by atoms with Crippen LogP contribution in [0.25, 0.3) is 0 Å². The monoisotopic (exact) mass is 384 g/mol. The minimum atomic E-state index is -4.05. The van der Waals surface area contributed by atoms with Crippen molar-refractivity contribution in [3.63, 3.8) is 0 Å². The second kappa shape index (κ2) is 7.59. The van der Waals surface area contributed by atoms with Crippen LogP contribution in [0.2, 0.25) is 0 Å². The number of amides is 1. The maximum absolute atomic E-state index is 13.8. The van der Waals surface area contributed by atoms with Gasteiger partial charge >= 0.3 is 0 Å². The second-order valence-electron chi connectivity index (χ2n) is 5.88. The first-order valence-electron chi connectivity index (χ1n) is 8.11. The molecule has 0 aliphatic carbocycles. The average molecular weight is 384 g/mol. The topological polar surface area (TPSA) is 75.3 Å². The van der Waals surface area contributed by atoms with Crippen molar-refractivity contribution in [3.8, 4) is 0 Å². The van der Waals surface area contributed by atoms with Crippen LogP contribution < -0.4 is 10.0 Å². The number of nitrogens with one attached hydrogen (secondary N) is 2. The molecule has 0 aliphatic heterocycles. The molecule has 0 atom stereocenters. The van der Waals surface area contributed by atoms with E-state index in [2.05, 4.69) is 10.0 Å². The highest BCUT2D eigenvalue weighted by molar-refractivity contribution is 7.92. The fourth-order valence-electron chi connectivity index (χ4n) is 2.48. The Balaban J connectivity index is 1.90. The Morgan fingerprint density at radius 1 is 0.926 bits per heavy atom. The molecule has 0 saturated carbocycles. The summed E-state index contributed by atoms with van der Waals surface area (Å²) in [5, 5.41) is 2.72. The van der Waals surface area contributed by atoms with Gasteiger partial charge in [0.05, 0.1) is 10.6 Å². The Labute approximate surface area is 156 Å². The molecule has 0 aromatic heterocycles. The summed E-state index contributed by atoms with van der Waals surface area (Å²) in [6.45, 7) is 1.71. The molecule has 0 aliphatic rings. The zero-order valence-electron chi connectivity index (χ0n) is 14.4. The lowest BCUT2D eigenvalue weighted by Gasteiger charge is -2.12. The maximum atomic E-state index is 13.8. The molecule has 138 valence electrons. The van der Waals surface area contributed by atoms with Crippen LogP contribution in [0, 0.1) is 12.7 Å². The highest BCUT2D eigenvalue weighted by Crippen LogP contribution is 2.22. The third-order valence-corrected chi connectivity index (χ3v) is 5.28. The summed E-state index contributed by atoms with van der Waals surface area (Å²) < 4.78 is 41.1. The largest absolute Gasteiger partial charge is 0.322 e. The van der Waals surface area contributed by atoms with Crippen molar-refractivity contribution in [3.05, 3.63) is 89.7 Å². The summed E-state index contributed by atoms with van der Waals surface area (Å²) in [6, 6.07) is 18.5. The standard InChI is InChI=1S/C20H17FN2O3S/c1-14-11-12-16(27(25,26)23-19-10-6-5-9-18(19)21)13-17(14)20(24)22-15-7-3-2-4-8-15/h2-13,23H,1H3,(H,22,24). The molecule has 3 rings (SSSR count). The van der Waals surface area contributed by atoms with Gasteiger partial charge < -0.3 is 5.32 Å². The first-order chi connectivity index (χ1) is 12.9. The van der Waals surface area contributed by atoms with E-state index in [1.54, 1.807) is 31.2 Å². The summed E-state index contributed by atoms with van der Waals surface area (Å²) >= 11 is 0. The van der Waals surface area contributed by atoms with Crippen LogP contribution in [-0.4, -0.2) is 14.3 Å². The third kappa shape index (κ3) is 4.32. The van der Waals surface area contributed by atoms with Gasteiger partial charge in [0, 0.05) is 11.3 Å². The molecular weight excluding hydrogens is 367 g/mol. The van der Waals surface area contributed by atoms with Gasteiger partial charge in [-0.1, -0.05) is 36.4 Å². The number of hydrogen-bond donors (Lipinski definition) is 2. The molecule has 0 saturated heterocycles. The van der Waals surface area contributed by atoms with Gasteiger partial charge in [-0.3, -0.25) is 9.52 Å². The van der Waals surface area contributed by atoms with E-state index in [0.717, 1.165) is 6.07 Å². The Hall–Kier alpha value is -3.19. The number of aryl methyl sites for hydroxylation is 1. The molecule has 3 aromatic carbocycles. The van der Waals surface area contributed by atoms with E-state index in [0.29, 0.717) is 11.3 Å². The quantitative estimate of drug-likeness (QED) is 0.693. The molecule has 0 spiro atoms. The first-order valence-corrected chi connectivity index (χ1v) is 9.59. The second-order valence-corrected chi connectivity index (χ2v) is 7.56. The minimum Gasteiger partial charge on any atom is -0.322 e. The van der Waals surface area contributed by atoms with E-state index in [-0.39, 0.29) is 16.1 Å². The fourth-order valence-corrected chi connectivity index (χ4v) is 3.57. The van der Waals surface area contributed by atoms with Crippen molar-refractivity contribution in [2.24, 2.45) is 0 Å². The molecular formula is C20H17FN2O3S. The first kappa shape index (κ1) is 18.6. The smallest absolute Gasteiger partial charge is 0.262 e. The Kier molecular flexibility index (Phi) is 5.23. The van der Waals surface area contributed by atoms with Gasteiger partial charge in [0.25, 0.3) is 15.9 Å². The minimum absolute atomic E-state index is 0.130. The summed E-state index contributed by atoms with van der Waals surface area (Å²) in [7, 11) is -4.05. The van der Waals surface area contributed by atoms with Crippen LogP contribution in [0.15, 0.2) is 77.7 Å². The number of para-hydroxylation sites is 2. The van der Waals surface area contributed by atoms with Crippen LogP contribution in [0.5, 0.6) is 0 Å². The van der Waals surface area contributed by atoms with Crippen molar-refractivity contribution in [2.45, 2.75) is 11.8 Å². The predicted molar refractivity (Wildman–Crippen MR) is 103 cm³/mol. The van der Waals surface area contributed by atoms with Gasteiger partial charge in [-0.05, 0) is 48.9 Å². The molecule has 0 heterocycles. The number of carbonyl (C=O) groups is 1. The van der Waals surface area contributed by atoms with E-state index in [9.17, 15) is 17.6 Å². The van der Waals surface area contributed by atoms with Gasteiger partial charge in [-0.15, -0.1) is 0 Å². The Morgan fingerprint density at radius 3 is 2.30 bits per heavy atom. The molecule has 0 fully saturated rings. The summed E-state index contributed by atoms with van der Waals surface area (Å²) in [6.07, 6.45) is 0. The molecule has 0 bridgehead atoms. The zero-order chi connectivity index (χ0) is 19.4. The van der Waals surface area contributed by atoms with Crippen LogP contribution >= 0.6 is 0 Å². The normalized spacial score (nSPS) is 11.0. The molecule has 27 heavy (non-hydrogen) atoms. The van der Waals surface area contributed by atoms with E-state index in [1.165, 1.54) is 36.4 Å². The molecule has 0 radical (unpaired) electrons. The summed E-state index contributed by atoms with van der Waals surface area (Å²) in [5.41, 5.74) is 1.27. The Bertz CT molecular complexity index is 1080. The third-order valence-electron chi connectivity index (χ3n) is 3.91. The lowest BCUT2D eigenvalue weighted by molar-refractivity contribution is 0.102. The van der Waals surface area contributed by atoms with Gasteiger partial charge in [-0.2, -0.15) is 0 Å². The lowest BCUT2D eigenvalue weighted by Crippen LogP contribution is -2.17. The summed E-state index contributed by atoms with van der Waals surface area (Å²) in [5.74, 6) is -1.11. The molecule has 1 amide bonds.